The average molecular weight is 408 g/mol. The Morgan fingerprint density at radius 1 is 1.00 bits per heavy atom. The third kappa shape index (κ3) is 6.22. The van der Waals surface area contributed by atoms with Gasteiger partial charge in [0.05, 0.1) is 7.11 Å². The molecule has 1 heterocycles. The zero-order chi connectivity index (χ0) is 20.5. The lowest BCUT2D eigenvalue weighted by molar-refractivity contribution is -0.118. The molecule has 2 N–H and O–H groups in total. The highest BCUT2D eigenvalue weighted by Crippen LogP contribution is 2.25. The summed E-state index contributed by atoms with van der Waals surface area (Å²) in [7, 11) is 1.54. The summed E-state index contributed by atoms with van der Waals surface area (Å²) in [5.41, 5.74) is 2.10. The van der Waals surface area contributed by atoms with Gasteiger partial charge in [0, 0.05) is 17.5 Å². The number of para-hydroxylation sites is 2. The number of methoxy groups -OCH3 is 1. The van der Waals surface area contributed by atoms with E-state index in [0.717, 1.165) is 5.56 Å². The third-order valence-electron chi connectivity index (χ3n) is 3.81. The lowest BCUT2D eigenvalue weighted by Gasteiger charge is -2.11. The fraction of sp³-hybridized carbons (Fsp3) is 0.0909. The van der Waals surface area contributed by atoms with Crippen molar-refractivity contribution in [1.29, 1.82) is 0 Å². The van der Waals surface area contributed by atoms with Gasteiger partial charge in [0.15, 0.2) is 18.1 Å². The highest BCUT2D eigenvalue weighted by molar-refractivity contribution is 7.08. The zero-order valence-corrected chi connectivity index (χ0v) is 16.6. The van der Waals surface area contributed by atoms with Crippen LogP contribution in [-0.2, 0) is 9.59 Å². The Hall–Kier alpha value is -3.58. The molecule has 1 aromatic heterocycles. The van der Waals surface area contributed by atoms with Gasteiger partial charge in [0.1, 0.15) is 0 Å². The van der Waals surface area contributed by atoms with E-state index in [1.165, 1.54) is 13.2 Å². The summed E-state index contributed by atoms with van der Waals surface area (Å²) in [5, 5.41) is 9.41. The van der Waals surface area contributed by atoms with Crippen LogP contribution in [0, 0.1) is 0 Å². The molecule has 0 saturated heterocycles. The third-order valence-corrected chi connectivity index (χ3v) is 4.51. The topological polar surface area (TPSA) is 76.7 Å². The molecular weight excluding hydrogens is 388 g/mol. The average Bonchev–Trinajstić information content (AvgIpc) is 3.25. The molecule has 0 aliphatic heterocycles. The molecule has 29 heavy (non-hydrogen) atoms. The number of thiophene rings is 1. The SMILES string of the molecule is COc1ccccc1OCC(=O)Nc1cccc(NC(=O)/C=C/c2ccsc2)c1. The summed E-state index contributed by atoms with van der Waals surface area (Å²) in [6, 6.07) is 15.9. The lowest BCUT2D eigenvalue weighted by Crippen LogP contribution is -2.20. The van der Waals surface area contributed by atoms with Crippen molar-refractivity contribution >= 4 is 40.6 Å². The van der Waals surface area contributed by atoms with Crippen LogP contribution in [0.3, 0.4) is 0 Å². The van der Waals surface area contributed by atoms with Crippen molar-refractivity contribution in [1.82, 2.24) is 0 Å². The minimum absolute atomic E-state index is 0.166. The molecule has 148 valence electrons. The van der Waals surface area contributed by atoms with Crippen molar-refractivity contribution in [2.45, 2.75) is 0 Å². The number of carbonyl (C=O) groups is 2. The molecule has 0 saturated carbocycles. The summed E-state index contributed by atoms with van der Waals surface area (Å²) in [6.07, 6.45) is 3.21. The van der Waals surface area contributed by atoms with Crippen LogP contribution in [0.1, 0.15) is 5.56 Å². The fourth-order valence-electron chi connectivity index (χ4n) is 2.48. The Morgan fingerprint density at radius 2 is 1.76 bits per heavy atom. The van der Waals surface area contributed by atoms with Crippen molar-refractivity contribution in [3.8, 4) is 11.5 Å². The fourth-order valence-corrected chi connectivity index (χ4v) is 3.11. The highest BCUT2D eigenvalue weighted by Gasteiger charge is 2.08. The number of carbonyl (C=O) groups excluding carboxylic acids is 2. The molecule has 0 bridgehead atoms. The number of hydrogen-bond donors (Lipinski definition) is 2. The maximum atomic E-state index is 12.2. The van der Waals surface area contributed by atoms with E-state index in [-0.39, 0.29) is 18.4 Å². The summed E-state index contributed by atoms with van der Waals surface area (Å²) >= 11 is 1.57. The van der Waals surface area contributed by atoms with Gasteiger partial charge in [-0.25, -0.2) is 0 Å². The van der Waals surface area contributed by atoms with E-state index < -0.39 is 0 Å². The predicted octanol–water partition coefficient (Wildman–Crippen LogP) is 4.43. The Balaban J connectivity index is 1.53. The van der Waals surface area contributed by atoms with E-state index >= 15 is 0 Å². The molecule has 0 unspecified atom stereocenters. The zero-order valence-electron chi connectivity index (χ0n) is 15.8. The van der Waals surface area contributed by atoms with Crippen LogP contribution >= 0.6 is 11.3 Å². The molecule has 0 spiro atoms. The first kappa shape index (κ1) is 20.2. The highest BCUT2D eigenvalue weighted by atomic mass is 32.1. The van der Waals surface area contributed by atoms with E-state index in [1.54, 1.807) is 59.9 Å². The quantitative estimate of drug-likeness (QED) is 0.541. The first-order valence-corrected chi connectivity index (χ1v) is 9.75. The van der Waals surface area contributed by atoms with Gasteiger partial charge in [-0.15, -0.1) is 0 Å². The van der Waals surface area contributed by atoms with E-state index in [9.17, 15) is 9.59 Å². The summed E-state index contributed by atoms with van der Waals surface area (Å²) in [4.78, 5) is 24.2. The van der Waals surface area contributed by atoms with Crippen LogP contribution < -0.4 is 20.1 Å². The van der Waals surface area contributed by atoms with Gasteiger partial charge in [0.25, 0.3) is 5.91 Å². The molecule has 0 atom stereocenters. The van der Waals surface area contributed by atoms with Gasteiger partial charge in [-0.05, 0) is 58.8 Å². The van der Waals surface area contributed by atoms with Gasteiger partial charge in [-0.1, -0.05) is 18.2 Å². The minimum Gasteiger partial charge on any atom is -0.493 e. The van der Waals surface area contributed by atoms with Crippen LogP contribution in [0.15, 0.2) is 71.4 Å². The Bertz CT molecular complexity index is 1000. The second-order valence-electron chi connectivity index (χ2n) is 5.95. The second-order valence-corrected chi connectivity index (χ2v) is 6.73. The number of hydrogen-bond acceptors (Lipinski definition) is 5. The standard InChI is InChI=1S/C22H20N2O4S/c1-27-19-7-2-3-8-20(19)28-14-22(26)24-18-6-4-5-17(13-18)23-21(25)10-9-16-11-12-29-15-16/h2-13,15H,14H2,1H3,(H,23,25)(H,24,26)/b10-9+. The maximum absolute atomic E-state index is 12.2. The van der Waals surface area contributed by atoms with Crippen LogP contribution in [0.2, 0.25) is 0 Å². The number of rotatable bonds is 8. The molecule has 6 nitrogen and oxygen atoms in total. The van der Waals surface area contributed by atoms with E-state index in [4.69, 9.17) is 9.47 Å². The van der Waals surface area contributed by atoms with Crippen LogP contribution in [0.25, 0.3) is 6.08 Å². The van der Waals surface area contributed by atoms with Crippen LogP contribution in [0.4, 0.5) is 11.4 Å². The lowest BCUT2D eigenvalue weighted by atomic mass is 10.2. The first-order valence-electron chi connectivity index (χ1n) is 8.81. The van der Waals surface area contributed by atoms with E-state index in [1.807, 2.05) is 22.9 Å². The number of benzene rings is 2. The van der Waals surface area contributed by atoms with Crippen molar-refractivity contribution < 1.29 is 19.1 Å². The molecule has 0 aliphatic carbocycles. The Morgan fingerprint density at radius 3 is 2.48 bits per heavy atom. The molecule has 7 heteroatoms. The molecule has 0 fully saturated rings. The Labute approximate surface area is 172 Å². The molecule has 0 radical (unpaired) electrons. The summed E-state index contributed by atoms with van der Waals surface area (Å²) in [5.74, 6) is 0.472. The number of amides is 2. The summed E-state index contributed by atoms with van der Waals surface area (Å²) < 4.78 is 10.7. The largest absolute Gasteiger partial charge is 0.493 e. The number of nitrogens with one attached hydrogen (secondary N) is 2. The monoisotopic (exact) mass is 408 g/mol. The number of ether oxygens (including phenoxy) is 2. The van der Waals surface area contributed by atoms with Gasteiger partial charge < -0.3 is 20.1 Å². The molecule has 3 aromatic rings. The molecule has 3 rings (SSSR count). The smallest absolute Gasteiger partial charge is 0.262 e. The Kier molecular flexibility index (Phi) is 7.02. The van der Waals surface area contributed by atoms with Crippen molar-refractivity contribution in [3.05, 3.63) is 77.0 Å². The van der Waals surface area contributed by atoms with Gasteiger partial charge >= 0.3 is 0 Å². The number of anilines is 2. The molecule has 2 amide bonds. The minimum atomic E-state index is -0.322. The molecule has 2 aromatic carbocycles. The normalized spacial score (nSPS) is 10.5. The van der Waals surface area contributed by atoms with Gasteiger partial charge in [-0.3, -0.25) is 9.59 Å². The van der Waals surface area contributed by atoms with Gasteiger partial charge in [0.2, 0.25) is 5.91 Å². The first-order chi connectivity index (χ1) is 14.1. The van der Waals surface area contributed by atoms with E-state index in [2.05, 4.69) is 10.6 Å². The van der Waals surface area contributed by atoms with Crippen molar-refractivity contribution in [3.63, 3.8) is 0 Å². The predicted molar refractivity (Wildman–Crippen MR) is 116 cm³/mol. The van der Waals surface area contributed by atoms with Gasteiger partial charge in [-0.2, -0.15) is 11.3 Å². The van der Waals surface area contributed by atoms with Crippen LogP contribution in [0.5, 0.6) is 11.5 Å². The second kappa shape index (κ2) is 10.1. The maximum Gasteiger partial charge on any atom is 0.262 e. The molecule has 0 aliphatic rings. The van der Waals surface area contributed by atoms with E-state index in [0.29, 0.717) is 22.9 Å². The van der Waals surface area contributed by atoms with Crippen molar-refractivity contribution in [2.24, 2.45) is 0 Å². The van der Waals surface area contributed by atoms with Crippen LogP contribution in [-0.4, -0.2) is 25.5 Å². The summed E-state index contributed by atoms with van der Waals surface area (Å²) in [6.45, 7) is -0.166. The molecular formula is C22H20N2O4S. The van der Waals surface area contributed by atoms with Crippen molar-refractivity contribution in [2.75, 3.05) is 24.4 Å².